The molecule has 0 radical (unpaired) electrons. The summed E-state index contributed by atoms with van der Waals surface area (Å²) in [5, 5.41) is 29.4. The van der Waals surface area contributed by atoms with Gasteiger partial charge in [0.1, 0.15) is 11.9 Å². The minimum atomic E-state index is -0.832. The van der Waals surface area contributed by atoms with Gasteiger partial charge in [0.05, 0.1) is 6.61 Å². The molecule has 0 aromatic heterocycles. The van der Waals surface area contributed by atoms with Gasteiger partial charge in [-0.15, -0.1) is 0 Å². The van der Waals surface area contributed by atoms with Crippen LogP contribution in [0.2, 0.25) is 0 Å². The second-order valence-electron chi connectivity index (χ2n) is 9.03. The lowest BCUT2D eigenvalue weighted by atomic mass is 9.85. The molecule has 2 unspecified atom stereocenters. The van der Waals surface area contributed by atoms with Crippen molar-refractivity contribution in [1.82, 2.24) is 5.32 Å². The molecule has 0 aliphatic rings. The highest BCUT2D eigenvalue weighted by atomic mass is 16.5. The third kappa shape index (κ3) is 8.71. The Labute approximate surface area is 217 Å². The zero-order valence-electron chi connectivity index (χ0n) is 21.3. The Hall–Kier alpha value is -3.72. The van der Waals surface area contributed by atoms with E-state index in [9.17, 15) is 19.8 Å². The van der Waals surface area contributed by atoms with E-state index in [4.69, 9.17) is 4.74 Å². The second-order valence-corrected chi connectivity index (χ2v) is 9.03. The normalized spacial score (nSPS) is 13.5. The first-order valence-corrected chi connectivity index (χ1v) is 12.3. The molecule has 0 spiro atoms. The Balaban J connectivity index is 1.85. The molecule has 3 aromatic carbocycles. The number of amides is 2. The Morgan fingerprint density at radius 2 is 1.30 bits per heavy atom. The molecular formula is C29H35N3O5. The van der Waals surface area contributed by atoms with Crippen LogP contribution in [0, 0.1) is 0 Å². The van der Waals surface area contributed by atoms with Crippen LogP contribution in [0.5, 0.6) is 5.75 Å². The van der Waals surface area contributed by atoms with Gasteiger partial charge in [-0.25, -0.2) is 0 Å². The first-order valence-electron chi connectivity index (χ1n) is 12.3. The van der Waals surface area contributed by atoms with Crippen molar-refractivity contribution >= 4 is 23.2 Å². The van der Waals surface area contributed by atoms with E-state index in [-0.39, 0.29) is 24.3 Å². The molecule has 8 nitrogen and oxygen atoms in total. The van der Waals surface area contributed by atoms with Crippen LogP contribution in [0.25, 0.3) is 0 Å². The van der Waals surface area contributed by atoms with Crippen LogP contribution in [0.3, 0.4) is 0 Å². The summed E-state index contributed by atoms with van der Waals surface area (Å²) in [6.45, 7) is 4.38. The molecule has 0 saturated heterocycles. The van der Waals surface area contributed by atoms with Crippen LogP contribution >= 0.6 is 0 Å². The van der Waals surface area contributed by atoms with Gasteiger partial charge in [0.15, 0.2) is 6.23 Å². The standard InChI is InChI=1S/C29H35N3O5/c1-19(34)29(37-27-7-5-4-6-8-27)32-26(18-33)17-28(22-9-13-24(14-10-22)30-20(2)35)23-11-15-25(16-12-23)31-21(3)36/h4-16,19,26,28-29,32-34H,17-18H2,1-3H3,(H,30,35)(H,31,36)/t19?,26-,29?/m0/s1. The molecule has 37 heavy (non-hydrogen) atoms. The van der Waals surface area contributed by atoms with E-state index in [0.717, 1.165) is 11.1 Å². The molecule has 3 rings (SSSR count). The van der Waals surface area contributed by atoms with Gasteiger partial charge in [-0.1, -0.05) is 42.5 Å². The number of carbonyl (C=O) groups is 2. The highest BCUT2D eigenvalue weighted by Gasteiger charge is 2.25. The van der Waals surface area contributed by atoms with E-state index in [0.29, 0.717) is 23.5 Å². The van der Waals surface area contributed by atoms with Crippen LogP contribution in [-0.2, 0) is 9.59 Å². The van der Waals surface area contributed by atoms with Crippen LogP contribution in [0.15, 0.2) is 78.9 Å². The van der Waals surface area contributed by atoms with Gasteiger partial charge in [0.25, 0.3) is 0 Å². The molecule has 196 valence electrons. The fourth-order valence-electron chi connectivity index (χ4n) is 4.10. The summed E-state index contributed by atoms with van der Waals surface area (Å²) >= 11 is 0. The van der Waals surface area contributed by atoms with Crippen molar-refractivity contribution in [2.75, 3.05) is 17.2 Å². The third-order valence-electron chi connectivity index (χ3n) is 5.85. The number of nitrogens with one attached hydrogen (secondary N) is 3. The molecule has 0 fully saturated rings. The van der Waals surface area contributed by atoms with Crippen molar-refractivity contribution in [2.45, 2.75) is 51.5 Å². The quantitative estimate of drug-likeness (QED) is 0.239. The number of rotatable bonds is 12. The summed E-state index contributed by atoms with van der Waals surface area (Å²) in [7, 11) is 0. The summed E-state index contributed by atoms with van der Waals surface area (Å²) in [5.41, 5.74) is 3.36. The van der Waals surface area contributed by atoms with Crippen LogP contribution < -0.4 is 20.7 Å². The number of hydrogen-bond acceptors (Lipinski definition) is 6. The highest BCUT2D eigenvalue weighted by Crippen LogP contribution is 2.31. The lowest BCUT2D eigenvalue weighted by Gasteiger charge is -2.30. The zero-order valence-corrected chi connectivity index (χ0v) is 21.3. The Bertz CT molecular complexity index is 1070. The average Bonchev–Trinajstić information content (AvgIpc) is 2.87. The summed E-state index contributed by atoms with van der Waals surface area (Å²) in [4.78, 5) is 22.9. The van der Waals surface area contributed by atoms with E-state index in [1.807, 2.05) is 66.7 Å². The predicted octanol–water partition coefficient (Wildman–Crippen LogP) is 3.86. The number of anilines is 2. The smallest absolute Gasteiger partial charge is 0.221 e. The van der Waals surface area contributed by atoms with Crippen LogP contribution in [0.1, 0.15) is 44.2 Å². The van der Waals surface area contributed by atoms with Crippen molar-refractivity contribution in [2.24, 2.45) is 0 Å². The Morgan fingerprint density at radius 1 is 0.811 bits per heavy atom. The Kier molecular flexibility index (Phi) is 10.2. The van der Waals surface area contributed by atoms with Crippen molar-refractivity contribution in [3.8, 4) is 5.75 Å². The number of aliphatic hydroxyl groups excluding tert-OH is 2. The summed E-state index contributed by atoms with van der Waals surface area (Å²) in [5.74, 6) is 0.181. The zero-order chi connectivity index (χ0) is 26.8. The van der Waals surface area contributed by atoms with Gasteiger partial charge in [-0.2, -0.15) is 0 Å². The number of ether oxygens (including phenoxy) is 1. The van der Waals surface area contributed by atoms with Gasteiger partial charge < -0.3 is 25.6 Å². The van der Waals surface area contributed by atoms with Crippen LogP contribution in [0.4, 0.5) is 11.4 Å². The fourth-order valence-corrected chi connectivity index (χ4v) is 4.10. The maximum absolute atomic E-state index is 11.4. The molecule has 2 amide bonds. The molecule has 0 aliphatic heterocycles. The van der Waals surface area contributed by atoms with Gasteiger partial charge in [-0.05, 0) is 60.9 Å². The van der Waals surface area contributed by atoms with Gasteiger partial charge in [0, 0.05) is 37.2 Å². The van der Waals surface area contributed by atoms with Gasteiger partial charge in [-0.3, -0.25) is 14.9 Å². The highest BCUT2D eigenvalue weighted by molar-refractivity contribution is 5.89. The topological polar surface area (TPSA) is 120 Å². The van der Waals surface area contributed by atoms with E-state index >= 15 is 0 Å². The van der Waals surface area contributed by atoms with Crippen molar-refractivity contribution in [3.05, 3.63) is 90.0 Å². The van der Waals surface area contributed by atoms with Crippen molar-refractivity contribution in [3.63, 3.8) is 0 Å². The van der Waals surface area contributed by atoms with E-state index in [1.54, 1.807) is 19.1 Å². The molecular weight excluding hydrogens is 470 g/mol. The summed E-state index contributed by atoms with van der Waals surface area (Å²) in [6.07, 6.45) is -1.07. The fraction of sp³-hybridized carbons (Fsp3) is 0.310. The molecule has 5 N–H and O–H groups in total. The number of carbonyl (C=O) groups excluding carboxylic acids is 2. The SMILES string of the molecule is CC(=O)Nc1ccc(C(C[C@@H](CO)NC(Oc2ccccc2)C(C)O)c2ccc(NC(C)=O)cc2)cc1. The van der Waals surface area contributed by atoms with E-state index < -0.39 is 18.4 Å². The van der Waals surface area contributed by atoms with Crippen molar-refractivity contribution < 1.29 is 24.5 Å². The summed E-state index contributed by atoms with van der Waals surface area (Å²) in [6, 6.07) is 23.9. The molecule has 0 saturated carbocycles. The first-order chi connectivity index (χ1) is 17.7. The predicted molar refractivity (Wildman–Crippen MR) is 144 cm³/mol. The van der Waals surface area contributed by atoms with Gasteiger partial charge >= 0.3 is 0 Å². The molecule has 8 heteroatoms. The number of hydrogen-bond donors (Lipinski definition) is 5. The Morgan fingerprint density at radius 3 is 1.70 bits per heavy atom. The largest absolute Gasteiger partial charge is 0.473 e. The average molecular weight is 506 g/mol. The third-order valence-corrected chi connectivity index (χ3v) is 5.85. The lowest BCUT2D eigenvalue weighted by molar-refractivity contribution is -0.115. The van der Waals surface area contributed by atoms with Crippen molar-refractivity contribution in [1.29, 1.82) is 0 Å². The molecule has 0 bridgehead atoms. The monoisotopic (exact) mass is 505 g/mol. The van der Waals surface area contributed by atoms with E-state index in [1.165, 1.54) is 13.8 Å². The molecule has 3 aromatic rings. The van der Waals surface area contributed by atoms with Crippen LogP contribution in [-0.4, -0.2) is 47.0 Å². The molecule has 0 heterocycles. The molecule has 3 atom stereocenters. The maximum Gasteiger partial charge on any atom is 0.221 e. The summed E-state index contributed by atoms with van der Waals surface area (Å²) < 4.78 is 5.95. The number of para-hydroxylation sites is 1. The minimum Gasteiger partial charge on any atom is -0.473 e. The lowest BCUT2D eigenvalue weighted by Crippen LogP contribution is -2.50. The minimum absolute atomic E-state index is 0.131. The van der Waals surface area contributed by atoms with E-state index in [2.05, 4.69) is 16.0 Å². The second kappa shape index (κ2) is 13.5. The first kappa shape index (κ1) is 27.9. The van der Waals surface area contributed by atoms with Gasteiger partial charge in [0.2, 0.25) is 11.8 Å². The molecule has 0 aliphatic carbocycles. The maximum atomic E-state index is 11.4. The number of aliphatic hydroxyl groups is 2. The number of benzene rings is 3.